The number of fused-ring (bicyclic) bond motifs is 4. The largest absolute Gasteiger partial charge is 0.467 e. The van der Waals surface area contributed by atoms with Crippen molar-refractivity contribution in [2.75, 3.05) is 23.3 Å². The summed E-state index contributed by atoms with van der Waals surface area (Å²) in [5.41, 5.74) is 1.25. The van der Waals surface area contributed by atoms with Crippen LogP contribution in [0.5, 0.6) is 0 Å². The van der Waals surface area contributed by atoms with E-state index in [1.807, 2.05) is 18.2 Å². The fourth-order valence-corrected chi connectivity index (χ4v) is 4.73. The van der Waals surface area contributed by atoms with Crippen LogP contribution in [-0.2, 0) is 11.3 Å². The molecule has 3 heterocycles. The van der Waals surface area contributed by atoms with Gasteiger partial charge in [-0.05, 0) is 54.5 Å². The van der Waals surface area contributed by atoms with Gasteiger partial charge in [0.1, 0.15) is 5.76 Å². The number of halogens is 1. The second-order valence-electron chi connectivity index (χ2n) is 7.58. The molecule has 5 rings (SSSR count). The number of hydrogen-bond donors (Lipinski definition) is 1. The lowest BCUT2D eigenvalue weighted by atomic mass is 9.66. The molecule has 0 spiro atoms. The Hall–Kier alpha value is -2.67. The van der Waals surface area contributed by atoms with E-state index in [0.29, 0.717) is 30.3 Å². The number of anilines is 2. The van der Waals surface area contributed by atoms with Crippen LogP contribution >= 0.6 is 11.6 Å². The second-order valence-corrected chi connectivity index (χ2v) is 7.92. The summed E-state index contributed by atoms with van der Waals surface area (Å²) in [7, 11) is 0. The van der Waals surface area contributed by atoms with Gasteiger partial charge in [0, 0.05) is 19.0 Å². The van der Waals surface area contributed by atoms with Crippen molar-refractivity contribution in [3.63, 3.8) is 0 Å². The van der Waals surface area contributed by atoms with Gasteiger partial charge in [0.2, 0.25) is 17.2 Å². The smallest absolute Gasteiger partial charge is 0.231 e. The third-order valence-corrected chi connectivity index (χ3v) is 5.92. The highest BCUT2D eigenvalue weighted by Crippen LogP contribution is 2.44. The molecule has 7 nitrogen and oxygen atoms in total. The summed E-state index contributed by atoms with van der Waals surface area (Å²) in [5, 5.41) is 3.30. The summed E-state index contributed by atoms with van der Waals surface area (Å²) in [6.45, 7) is 2.09. The van der Waals surface area contributed by atoms with Gasteiger partial charge < -0.3 is 14.6 Å². The molecule has 2 aromatic rings. The van der Waals surface area contributed by atoms with Crippen LogP contribution in [-0.4, -0.2) is 33.8 Å². The van der Waals surface area contributed by atoms with Crippen molar-refractivity contribution >= 4 is 29.3 Å². The first-order chi connectivity index (χ1) is 13.7. The molecule has 2 fully saturated rings. The van der Waals surface area contributed by atoms with Gasteiger partial charge in [0.25, 0.3) is 0 Å². The number of carbonyl (C=O) groups excluding carboxylic acids is 1. The van der Waals surface area contributed by atoms with Gasteiger partial charge in [-0.2, -0.15) is 15.0 Å². The molecule has 28 heavy (non-hydrogen) atoms. The minimum absolute atomic E-state index is 0.0587. The first kappa shape index (κ1) is 17.4. The topological polar surface area (TPSA) is 84.2 Å². The van der Waals surface area contributed by atoms with E-state index in [4.69, 9.17) is 16.0 Å². The van der Waals surface area contributed by atoms with Gasteiger partial charge in [-0.15, -0.1) is 0 Å². The molecular formula is C20H20ClN5O2. The summed E-state index contributed by atoms with van der Waals surface area (Å²) >= 11 is 6.16. The van der Waals surface area contributed by atoms with Crippen LogP contribution in [0, 0.1) is 17.8 Å². The predicted molar refractivity (Wildman–Crippen MR) is 105 cm³/mol. The van der Waals surface area contributed by atoms with Gasteiger partial charge in [0.05, 0.1) is 12.8 Å². The van der Waals surface area contributed by atoms with Gasteiger partial charge >= 0.3 is 0 Å². The Morgan fingerprint density at radius 3 is 3.04 bits per heavy atom. The number of hydrogen-bond acceptors (Lipinski definition) is 7. The Morgan fingerprint density at radius 2 is 2.18 bits per heavy atom. The highest BCUT2D eigenvalue weighted by molar-refractivity contribution is 6.28. The molecule has 0 aromatic carbocycles. The van der Waals surface area contributed by atoms with Crippen LogP contribution in [0.2, 0.25) is 5.28 Å². The maximum Gasteiger partial charge on any atom is 0.231 e. The van der Waals surface area contributed by atoms with E-state index in [1.54, 1.807) is 12.3 Å². The lowest BCUT2D eigenvalue weighted by Crippen LogP contribution is -2.48. The number of carbonyl (C=O) groups is 1. The van der Waals surface area contributed by atoms with E-state index in [1.165, 1.54) is 5.57 Å². The third-order valence-electron chi connectivity index (χ3n) is 5.75. The number of nitrogens with zero attached hydrogens (tertiary/aromatic N) is 4. The Kier molecular flexibility index (Phi) is 4.39. The first-order valence-corrected chi connectivity index (χ1v) is 9.88. The molecule has 1 saturated carbocycles. The first-order valence-electron chi connectivity index (χ1n) is 9.50. The molecule has 1 aliphatic heterocycles. The van der Waals surface area contributed by atoms with Gasteiger partial charge in [-0.25, -0.2) is 0 Å². The fraction of sp³-hybridized carbons (Fsp3) is 0.400. The number of aromatic nitrogens is 3. The van der Waals surface area contributed by atoms with E-state index in [9.17, 15) is 4.79 Å². The molecule has 1 N–H and O–H groups in total. The Bertz CT molecular complexity index is 956. The zero-order valence-corrected chi connectivity index (χ0v) is 16.0. The highest BCUT2D eigenvalue weighted by atomic mass is 35.5. The number of piperidine rings is 1. The summed E-state index contributed by atoms with van der Waals surface area (Å²) in [4.78, 5) is 27.5. The molecule has 0 amide bonds. The standard InChI is InChI=1S/C20H20ClN5O2/c21-18-23-19(22-9-14-3-2-6-28-14)25-20(24-18)26-10-12-7-13(11-26)15-4-1-5-17(27)16(15)8-12/h1-6,12-13,16H,7-11H2,(H,22,23,24,25). The lowest BCUT2D eigenvalue weighted by Gasteiger charge is -2.45. The van der Waals surface area contributed by atoms with Crippen LogP contribution in [0.4, 0.5) is 11.9 Å². The van der Waals surface area contributed by atoms with Crippen LogP contribution < -0.4 is 10.2 Å². The molecule has 2 aliphatic carbocycles. The van der Waals surface area contributed by atoms with E-state index < -0.39 is 0 Å². The number of furan rings is 1. The average molecular weight is 398 g/mol. The van der Waals surface area contributed by atoms with Gasteiger partial charge in [-0.1, -0.05) is 17.7 Å². The lowest BCUT2D eigenvalue weighted by molar-refractivity contribution is -0.118. The Morgan fingerprint density at radius 1 is 1.25 bits per heavy atom. The third kappa shape index (κ3) is 3.30. The summed E-state index contributed by atoms with van der Waals surface area (Å²) in [5.74, 6) is 2.89. The minimum Gasteiger partial charge on any atom is -0.467 e. The van der Waals surface area contributed by atoms with E-state index >= 15 is 0 Å². The highest BCUT2D eigenvalue weighted by Gasteiger charge is 2.41. The van der Waals surface area contributed by atoms with Crippen molar-refractivity contribution in [3.05, 3.63) is 53.2 Å². The molecular weight excluding hydrogens is 378 g/mol. The molecule has 2 bridgehead atoms. The van der Waals surface area contributed by atoms with Crippen molar-refractivity contribution in [1.29, 1.82) is 0 Å². The van der Waals surface area contributed by atoms with Crippen molar-refractivity contribution in [2.24, 2.45) is 17.8 Å². The SMILES string of the molecule is O=C1C=CC=C2C3CC(CC12)CN(c1nc(Cl)nc(NCc2ccco2)n1)C3. The van der Waals surface area contributed by atoms with E-state index in [-0.39, 0.29) is 17.0 Å². The number of ketones is 1. The maximum absolute atomic E-state index is 12.3. The normalized spacial score (nSPS) is 26.0. The molecule has 3 atom stereocenters. The Labute approximate surface area is 167 Å². The summed E-state index contributed by atoms with van der Waals surface area (Å²) in [6, 6.07) is 3.72. The van der Waals surface area contributed by atoms with Crippen LogP contribution in [0.1, 0.15) is 18.6 Å². The predicted octanol–water partition coefficient (Wildman–Crippen LogP) is 3.26. The van der Waals surface area contributed by atoms with Gasteiger partial charge in [-0.3, -0.25) is 4.79 Å². The van der Waals surface area contributed by atoms with Crippen molar-refractivity contribution in [1.82, 2.24) is 15.0 Å². The summed E-state index contributed by atoms with van der Waals surface area (Å²) in [6.07, 6.45) is 9.34. The monoisotopic (exact) mass is 397 g/mol. The van der Waals surface area contributed by atoms with E-state index in [2.05, 4.69) is 31.2 Å². The fourth-order valence-electron chi connectivity index (χ4n) is 4.58. The summed E-state index contributed by atoms with van der Waals surface area (Å²) < 4.78 is 5.32. The minimum atomic E-state index is 0.0587. The van der Waals surface area contributed by atoms with Gasteiger partial charge in [0.15, 0.2) is 5.78 Å². The molecule has 3 aliphatic rings. The van der Waals surface area contributed by atoms with Crippen LogP contribution in [0.3, 0.4) is 0 Å². The molecule has 1 saturated heterocycles. The Balaban J connectivity index is 1.36. The number of nitrogens with one attached hydrogen (secondary N) is 1. The maximum atomic E-state index is 12.3. The van der Waals surface area contributed by atoms with E-state index in [0.717, 1.165) is 31.7 Å². The molecule has 2 aromatic heterocycles. The molecule has 144 valence electrons. The van der Waals surface area contributed by atoms with Crippen LogP contribution in [0.15, 0.2) is 46.6 Å². The number of allylic oxidation sites excluding steroid dienone is 3. The van der Waals surface area contributed by atoms with Crippen molar-refractivity contribution in [2.45, 2.75) is 19.4 Å². The molecule has 8 heteroatoms. The number of rotatable bonds is 4. The van der Waals surface area contributed by atoms with Crippen molar-refractivity contribution < 1.29 is 9.21 Å². The molecule has 0 radical (unpaired) electrons. The quantitative estimate of drug-likeness (QED) is 0.847. The van der Waals surface area contributed by atoms with Crippen LogP contribution in [0.25, 0.3) is 0 Å². The average Bonchev–Trinajstić information content (AvgIpc) is 3.20. The zero-order valence-electron chi connectivity index (χ0n) is 15.2. The second kappa shape index (κ2) is 7.05. The van der Waals surface area contributed by atoms with Crippen molar-refractivity contribution in [3.8, 4) is 0 Å². The molecule has 3 unspecified atom stereocenters. The zero-order chi connectivity index (χ0) is 19.1.